The second-order valence-electron chi connectivity index (χ2n) is 4.60. The molecule has 0 spiro atoms. The maximum Gasteiger partial charge on any atom is 0.304 e. The Bertz CT molecular complexity index is 340. The zero-order valence-electron chi connectivity index (χ0n) is 9.28. The summed E-state index contributed by atoms with van der Waals surface area (Å²) in [6, 6.07) is 3.87. The molecule has 4 heteroatoms. The molecule has 0 aromatic carbocycles. The third-order valence-electron chi connectivity index (χ3n) is 2.99. The van der Waals surface area contributed by atoms with Crippen molar-refractivity contribution in [3.63, 3.8) is 0 Å². The van der Waals surface area contributed by atoms with Crippen molar-refractivity contribution in [3.8, 4) is 0 Å². The van der Waals surface area contributed by atoms with E-state index in [1.54, 1.807) is 11.3 Å². The summed E-state index contributed by atoms with van der Waals surface area (Å²) >= 11 is 1.56. The molecule has 1 rings (SSSR count). The van der Waals surface area contributed by atoms with Gasteiger partial charge < -0.3 is 10.8 Å². The van der Waals surface area contributed by atoms with Crippen LogP contribution in [0.15, 0.2) is 17.5 Å². The number of aliphatic carboxylic acids is 1. The van der Waals surface area contributed by atoms with Gasteiger partial charge in [0.2, 0.25) is 0 Å². The van der Waals surface area contributed by atoms with Crippen LogP contribution in [0.2, 0.25) is 0 Å². The van der Waals surface area contributed by atoms with Gasteiger partial charge in [-0.05, 0) is 25.3 Å². The zero-order valence-corrected chi connectivity index (χ0v) is 10.1. The molecule has 0 radical (unpaired) electrons. The van der Waals surface area contributed by atoms with Gasteiger partial charge >= 0.3 is 5.97 Å². The van der Waals surface area contributed by atoms with E-state index < -0.39 is 16.9 Å². The van der Waals surface area contributed by atoms with Gasteiger partial charge in [0.15, 0.2) is 0 Å². The van der Waals surface area contributed by atoms with Crippen LogP contribution in [-0.4, -0.2) is 16.6 Å². The molecule has 1 aromatic rings. The van der Waals surface area contributed by atoms with Crippen molar-refractivity contribution in [2.75, 3.05) is 0 Å². The van der Waals surface area contributed by atoms with Gasteiger partial charge in [0, 0.05) is 15.8 Å². The van der Waals surface area contributed by atoms with E-state index in [-0.39, 0.29) is 6.42 Å². The molecule has 0 saturated carbocycles. The topological polar surface area (TPSA) is 63.3 Å². The SMILES string of the molecule is CC(C)(N)C(C)(CC(=O)O)c1cccs1. The van der Waals surface area contributed by atoms with Gasteiger partial charge in [0.05, 0.1) is 6.42 Å². The number of carboxylic acids is 1. The predicted octanol–water partition coefficient (Wildman–Crippen LogP) is 2.22. The lowest BCUT2D eigenvalue weighted by molar-refractivity contribution is -0.139. The molecule has 3 nitrogen and oxygen atoms in total. The molecule has 0 aliphatic carbocycles. The molecular weight excluding hydrogens is 210 g/mol. The largest absolute Gasteiger partial charge is 0.481 e. The highest BCUT2D eigenvalue weighted by Gasteiger charge is 2.42. The van der Waals surface area contributed by atoms with Gasteiger partial charge in [-0.3, -0.25) is 4.79 Å². The standard InChI is InChI=1S/C11H17NO2S/c1-10(2,12)11(3,7-9(13)14)8-5-4-6-15-8/h4-6H,7,12H2,1-3H3,(H,13,14). The molecule has 0 saturated heterocycles. The first-order valence-electron chi connectivity index (χ1n) is 4.82. The summed E-state index contributed by atoms with van der Waals surface area (Å²) < 4.78 is 0. The quantitative estimate of drug-likeness (QED) is 0.829. The number of thiophene rings is 1. The van der Waals surface area contributed by atoms with E-state index in [4.69, 9.17) is 10.8 Å². The fourth-order valence-electron chi connectivity index (χ4n) is 1.53. The first kappa shape index (κ1) is 12.2. The van der Waals surface area contributed by atoms with Crippen LogP contribution in [0.5, 0.6) is 0 Å². The van der Waals surface area contributed by atoms with Gasteiger partial charge in [-0.2, -0.15) is 0 Å². The highest BCUT2D eigenvalue weighted by Crippen LogP contribution is 2.39. The minimum absolute atomic E-state index is 0.0526. The smallest absolute Gasteiger partial charge is 0.304 e. The molecule has 0 aliphatic heterocycles. The fourth-order valence-corrected chi connectivity index (χ4v) is 2.58. The molecule has 0 amide bonds. The number of hydrogen-bond acceptors (Lipinski definition) is 3. The highest BCUT2D eigenvalue weighted by molar-refractivity contribution is 7.10. The third kappa shape index (κ3) is 2.38. The van der Waals surface area contributed by atoms with Crippen molar-refractivity contribution in [2.45, 2.75) is 38.1 Å². The van der Waals surface area contributed by atoms with Crippen molar-refractivity contribution in [1.82, 2.24) is 0 Å². The molecule has 1 aromatic heterocycles. The number of rotatable bonds is 4. The monoisotopic (exact) mass is 227 g/mol. The van der Waals surface area contributed by atoms with Crippen LogP contribution in [0.25, 0.3) is 0 Å². The van der Waals surface area contributed by atoms with Crippen LogP contribution in [0.1, 0.15) is 32.1 Å². The first-order valence-corrected chi connectivity index (χ1v) is 5.70. The Morgan fingerprint density at radius 1 is 1.53 bits per heavy atom. The molecule has 1 heterocycles. The van der Waals surface area contributed by atoms with Gasteiger partial charge in [0.25, 0.3) is 0 Å². The van der Waals surface area contributed by atoms with Crippen LogP contribution >= 0.6 is 11.3 Å². The average molecular weight is 227 g/mol. The Morgan fingerprint density at radius 2 is 2.13 bits per heavy atom. The highest BCUT2D eigenvalue weighted by atomic mass is 32.1. The third-order valence-corrected chi connectivity index (χ3v) is 4.13. The van der Waals surface area contributed by atoms with E-state index >= 15 is 0 Å². The van der Waals surface area contributed by atoms with Crippen LogP contribution in [0, 0.1) is 0 Å². The Hall–Kier alpha value is -0.870. The van der Waals surface area contributed by atoms with Crippen LogP contribution in [0.4, 0.5) is 0 Å². The van der Waals surface area contributed by atoms with Gasteiger partial charge in [-0.25, -0.2) is 0 Å². The van der Waals surface area contributed by atoms with Crippen molar-refractivity contribution in [1.29, 1.82) is 0 Å². The van der Waals surface area contributed by atoms with E-state index in [9.17, 15) is 4.79 Å². The molecule has 0 fully saturated rings. The van der Waals surface area contributed by atoms with E-state index in [2.05, 4.69) is 0 Å². The van der Waals surface area contributed by atoms with Gasteiger partial charge in [-0.15, -0.1) is 11.3 Å². The molecule has 1 atom stereocenters. The van der Waals surface area contributed by atoms with Crippen LogP contribution in [-0.2, 0) is 10.2 Å². The summed E-state index contributed by atoms with van der Waals surface area (Å²) in [6.45, 7) is 5.65. The lowest BCUT2D eigenvalue weighted by Gasteiger charge is -2.40. The average Bonchev–Trinajstić information content (AvgIpc) is 2.51. The van der Waals surface area contributed by atoms with Crippen molar-refractivity contribution >= 4 is 17.3 Å². The maximum atomic E-state index is 10.9. The second-order valence-corrected chi connectivity index (χ2v) is 5.55. The van der Waals surface area contributed by atoms with E-state index in [0.29, 0.717) is 0 Å². The van der Waals surface area contributed by atoms with E-state index in [1.807, 2.05) is 38.3 Å². The Morgan fingerprint density at radius 3 is 2.47 bits per heavy atom. The lowest BCUT2D eigenvalue weighted by atomic mass is 9.70. The summed E-state index contributed by atoms with van der Waals surface area (Å²) in [6.07, 6.45) is 0.0526. The normalized spacial score (nSPS) is 16.0. The lowest BCUT2D eigenvalue weighted by Crippen LogP contribution is -2.52. The number of carbonyl (C=O) groups is 1. The second kappa shape index (κ2) is 3.94. The van der Waals surface area contributed by atoms with Crippen LogP contribution < -0.4 is 5.73 Å². The number of nitrogens with two attached hydrogens (primary N) is 1. The minimum Gasteiger partial charge on any atom is -0.481 e. The molecular formula is C11H17NO2S. The Balaban J connectivity index is 3.13. The summed E-state index contributed by atoms with van der Waals surface area (Å²) in [5.74, 6) is -0.815. The molecule has 0 bridgehead atoms. The predicted molar refractivity (Wildman–Crippen MR) is 62.2 cm³/mol. The maximum absolute atomic E-state index is 10.9. The summed E-state index contributed by atoms with van der Waals surface area (Å²) in [7, 11) is 0. The van der Waals surface area contributed by atoms with E-state index in [0.717, 1.165) is 4.88 Å². The van der Waals surface area contributed by atoms with Gasteiger partial charge in [0.1, 0.15) is 0 Å². The Labute approximate surface area is 93.9 Å². The van der Waals surface area contributed by atoms with Crippen molar-refractivity contribution in [3.05, 3.63) is 22.4 Å². The molecule has 1 unspecified atom stereocenters. The Kier molecular flexibility index (Phi) is 3.21. The number of hydrogen-bond donors (Lipinski definition) is 2. The number of carboxylic acid groups (broad SMARTS) is 1. The van der Waals surface area contributed by atoms with Crippen molar-refractivity contribution in [2.24, 2.45) is 5.73 Å². The summed E-state index contributed by atoms with van der Waals surface area (Å²) in [4.78, 5) is 11.9. The molecule has 0 aliphatic rings. The first-order chi connectivity index (χ1) is 6.77. The van der Waals surface area contributed by atoms with Crippen molar-refractivity contribution < 1.29 is 9.90 Å². The fraction of sp³-hybridized carbons (Fsp3) is 0.545. The summed E-state index contributed by atoms with van der Waals surface area (Å²) in [5.41, 5.74) is 5.02. The van der Waals surface area contributed by atoms with Crippen LogP contribution in [0.3, 0.4) is 0 Å². The molecule has 15 heavy (non-hydrogen) atoms. The summed E-state index contributed by atoms with van der Waals surface area (Å²) in [5, 5.41) is 10.9. The minimum atomic E-state index is -0.815. The van der Waals surface area contributed by atoms with Gasteiger partial charge in [-0.1, -0.05) is 13.0 Å². The molecule has 84 valence electrons. The zero-order chi connectivity index (χ0) is 11.7. The van der Waals surface area contributed by atoms with E-state index in [1.165, 1.54) is 0 Å². The molecule has 3 N–H and O–H groups in total.